The van der Waals surface area contributed by atoms with Crippen LogP contribution in [-0.4, -0.2) is 133 Å². The Morgan fingerprint density at radius 1 is 0.762 bits per heavy atom. The molecule has 0 amide bonds. The predicted molar refractivity (Wildman–Crippen MR) is 143 cm³/mol. The Balaban J connectivity index is 0.00000882. The molecule has 0 spiro atoms. The molecule has 2 rings (SSSR count). The normalized spacial score (nSPS) is 17.3. The fourth-order valence-corrected chi connectivity index (χ4v) is 4.93. The first-order valence-corrected chi connectivity index (χ1v) is 14.0. The van der Waals surface area contributed by atoms with Crippen molar-refractivity contribution in [1.29, 1.82) is 0 Å². The van der Waals surface area contributed by atoms with Gasteiger partial charge in [0, 0.05) is 72.0 Å². The molecule has 1 aliphatic rings. The molecule has 1 radical (unpaired) electrons. The number of aryl methyl sites for hydroxylation is 1. The van der Waals surface area contributed by atoms with Gasteiger partial charge in [-0.3, -0.25) is 24.4 Å². The van der Waals surface area contributed by atoms with Crippen molar-refractivity contribution in [3.05, 3.63) is 29.8 Å². The molecule has 1 aromatic carbocycles. The zero-order valence-corrected chi connectivity index (χ0v) is 26.3. The quantitative estimate of drug-likeness (QED) is 0.178. The summed E-state index contributed by atoms with van der Waals surface area (Å²) >= 11 is 0. The summed E-state index contributed by atoms with van der Waals surface area (Å²) in [6.07, 6.45) is 2.56. The number of benzene rings is 1. The Morgan fingerprint density at radius 2 is 1.19 bits per heavy atom. The number of carboxylic acids is 4. The van der Waals surface area contributed by atoms with E-state index in [0.717, 1.165) is 24.2 Å². The van der Waals surface area contributed by atoms with Gasteiger partial charge in [-0.05, 0) is 43.9 Å². The van der Waals surface area contributed by atoms with E-state index >= 15 is 0 Å². The second-order valence-electron chi connectivity index (χ2n) is 10.2. The third-order valence-electron chi connectivity index (χ3n) is 7.08. The van der Waals surface area contributed by atoms with E-state index in [1.54, 1.807) is 19.6 Å². The van der Waals surface area contributed by atoms with E-state index in [9.17, 15) is 39.6 Å². The van der Waals surface area contributed by atoms with E-state index in [2.05, 4.69) is 0 Å². The predicted octanol–water partition coefficient (Wildman–Crippen LogP) is -3.28. The van der Waals surface area contributed by atoms with Gasteiger partial charge in [0.1, 0.15) is 11.8 Å². The Bertz CT molecular complexity index is 951. The number of ether oxygens (including phenoxy) is 1. The molecule has 1 aliphatic heterocycles. The van der Waals surface area contributed by atoms with Crippen molar-refractivity contribution < 1.29 is 84.3 Å². The van der Waals surface area contributed by atoms with Crippen LogP contribution in [0, 0.1) is 39.9 Å². The molecular formula is C28H41GdN4O9. The summed E-state index contributed by atoms with van der Waals surface area (Å²) in [5, 5.41) is 44.0. The summed E-state index contributed by atoms with van der Waals surface area (Å²) in [5.41, 5.74) is 1.12. The number of carboxylic acid groups (broad SMARTS) is 4. The van der Waals surface area contributed by atoms with Crippen molar-refractivity contribution in [3.63, 3.8) is 0 Å². The molecule has 0 aromatic heterocycles. The summed E-state index contributed by atoms with van der Waals surface area (Å²) in [5.74, 6) is -4.09. The average molecular weight is 735 g/mol. The van der Waals surface area contributed by atoms with Crippen LogP contribution in [0.5, 0.6) is 5.75 Å². The van der Waals surface area contributed by atoms with Crippen LogP contribution >= 0.6 is 0 Å². The number of hydrogen-bond acceptors (Lipinski definition) is 12. The van der Waals surface area contributed by atoms with Gasteiger partial charge >= 0.3 is 45.9 Å². The molecule has 0 saturated carbocycles. The molecule has 1 saturated heterocycles. The minimum atomic E-state index is -1.30. The fraction of sp³-hybridized carbons (Fsp3) is 0.643. The first kappa shape index (κ1) is 38.1. The SMILES string of the molecule is CCOc1ccc(CCCCC(C(=O)O)N2CCN(CC(=O)[O-])CCN(CC(=O)[O-])CCN(CC(=O)[O-])CC2)cc1.[Gd+3]. The maximum absolute atomic E-state index is 12.3. The molecule has 235 valence electrons. The second-order valence-corrected chi connectivity index (χ2v) is 10.2. The van der Waals surface area contributed by atoms with E-state index in [1.165, 1.54) is 0 Å². The minimum Gasteiger partial charge on any atom is -0.549 e. The van der Waals surface area contributed by atoms with Gasteiger partial charge in [-0.15, -0.1) is 0 Å². The molecule has 13 nitrogen and oxygen atoms in total. The van der Waals surface area contributed by atoms with Gasteiger partial charge in [-0.25, -0.2) is 0 Å². The van der Waals surface area contributed by atoms with E-state index in [4.69, 9.17) is 4.74 Å². The molecule has 1 aromatic rings. The van der Waals surface area contributed by atoms with E-state index in [1.807, 2.05) is 31.2 Å². The van der Waals surface area contributed by atoms with Crippen molar-refractivity contribution in [1.82, 2.24) is 19.6 Å². The van der Waals surface area contributed by atoms with Crippen LogP contribution in [-0.2, 0) is 25.6 Å². The summed E-state index contributed by atoms with van der Waals surface area (Å²) in [6, 6.07) is 6.94. The molecule has 1 fully saturated rings. The molecule has 1 atom stereocenters. The topological polar surface area (TPSA) is 180 Å². The van der Waals surface area contributed by atoms with Gasteiger partial charge in [0.25, 0.3) is 0 Å². The first-order chi connectivity index (χ1) is 19.6. The largest absolute Gasteiger partial charge is 3.00 e. The van der Waals surface area contributed by atoms with Crippen molar-refractivity contribution in [2.24, 2.45) is 0 Å². The van der Waals surface area contributed by atoms with E-state index in [0.29, 0.717) is 19.4 Å². The number of aliphatic carboxylic acids is 4. The fourth-order valence-electron chi connectivity index (χ4n) is 4.93. The van der Waals surface area contributed by atoms with Crippen LogP contribution in [0.3, 0.4) is 0 Å². The minimum absolute atomic E-state index is 0. The average Bonchev–Trinajstić information content (AvgIpc) is 2.89. The standard InChI is InChI=1S/C28H44N4O9.Gd/c1-2-41-23-9-7-22(8-10-23)5-3-4-6-24(28(39)40)32-17-15-30(20-26(35)36)13-11-29(19-25(33)34)12-14-31(16-18-32)21-27(37)38;/h7-10,24H,2-6,11-21H2,1H3,(H,33,34)(H,35,36)(H,37,38)(H,39,40);/q;+3/p-3. The van der Waals surface area contributed by atoms with Gasteiger partial charge in [-0.2, -0.15) is 0 Å². The summed E-state index contributed by atoms with van der Waals surface area (Å²) < 4.78 is 5.46. The van der Waals surface area contributed by atoms with Crippen LogP contribution in [0.15, 0.2) is 24.3 Å². The monoisotopic (exact) mass is 735 g/mol. The third-order valence-corrected chi connectivity index (χ3v) is 7.08. The van der Waals surface area contributed by atoms with Gasteiger partial charge in [0.15, 0.2) is 0 Å². The zero-order valence-electron chi connectivity index (χ0n) is 24.1. The zero-order chi connectivity index (χ0) is 30.2. The molecule has 0 aliphatic carbocycles. The van der Waals surface area contributed by atoms with Gasteiger partial charge in [0.05, 0.1) is 24.5 Å². The van der Waals surface area contributed by atoms with Gasteiger partial charge in [0.2, 0.25) is 0 Å². The summed E-state index contributed by atoms with van der Waals surface area (Å²) in [4.78, 5) is 52.8. The van der Waals surface area contributed by atoms with E-state index in [-0.39, 0.29) is 112 Å². The Morgan fingerprint density at radius 3 is 1.57 bits per heavy atom. The number of hydrogen-bond donors (Lipinski definition) is 1. The van der Waals surface area contributed by atoms with Crippen molar-refractivity contribution in [2.75, 3.05) is 78.6 Å². The van der Waals surface area contributed by atoms with Crippen LogP contribution in [0.2, 0.25) is 0 Å². The number of carbonyl (C=O) groups is 4. The Hall–Kier alpha value is -1.94. The maximum Gasteiger partial charge on any atom is 3.00 e. The van der Waals surface area contributed by atoms with Crippen LogP contribution in [0.1, 0.15) is 31.7 Å². The van der Waals surface area contributed by atoms with Crippen molar-refractivity contribution in [2.45, 2.75) is 38.6 Å². The smallest absolute Gasteiger partial charge is 0.549 e. The molecule has 42 heavy (non-hydrogen) atoms. The van der Waals surface area contributed by atoms with Crippen LogP contribution in [0.4, 0.5) is 0 Å². The first-order valence-electron chi connectivity index (χ1n) is 14.0. The van der Waals surface area contributed by atoms with Crippen LogP contribution in [0.25, 0.3) is 0 Å². The molecule has 1 N–H and O–H groups in total. The second kappa shape index (κ2) is 20.9. The van der Waals surface area contributed by atoms with Crippen LogP contribution < -0.4 is 20.1 Å². The number of rotatable bonds is 15. The molecule has 0 bridgehead atoms. The number of nitrogens with zero attached hydrogens (tertiary/aromatic N) is 4. The van der Waals surface area contributed by atoms with Gasteiger partial charge < -0.3 is 39.5 Å². The van der Waals surface area contributed by atoms with Crippen molar-refractivity contribution >= 4 is 23.9 Å². The molecular weight excluding hydrogens is 694 g/mol. The molecule has 1 unspecified atom stereocenters. The third kappa shape index (κ3) is 15.5. The maximum atomic E-state index is 12.3. The molecule has 1 heterocycles. The summed E-state index contributed by atoms with van der Waals surface area (Å²) in [6.45, 7) is 3.03. The number of carbonyl (C=O) groups excluding carboxylic acids is 3. The van der Waals surface area contributed by atoms with Gasteiger partial charge in [-0.1, -0.05) is 18.6 Å². The number of unbranched alkanes of at least 4 members (excludes halogenated alkanes) is 1. The molecule has 14 heteroatoms. The van der Waals surface area contributed by atoms with Crippen molar-refractivity contribution in [3.8, 4) is 5.75 Å². The summed E-state index contributed by atoms with van der Waals surface area (Å²) in [7, 11) is 0. The van der Waals surface area contributed by atoms with E-state index < -0.39 is 29.9 Å². The Kier molecular flexibility index (Phi) is 18.9. The Labute approximate surface area is 279 Å².